The van der Waals surface area contributed by atoms with Crippen LogP contribution in [0.4, 0.5) is 5.69 Å². The van der Waals surface area contributed by atoms with E-state index in [4.69, 9.17) is 4.74 Å². The van der Waals surface area contributed by atoms with Gasteiger partial charge in [-0.3, -0.25) is 4.79 Å². The van der Waals surface area contributed by atoms with Crippen molar-refractivity contribution in [2.24, 2.45) is 0 Å². The third-order valence-electron chi connectivity index (χ3n) is 3.04. The number of ether oxygens (including phenoxy) is 1. The zero-order valence-corrected chi connectivity index (χ0v) is 12.3. The molecule has 0 spiro atoms. The number of rotatable bonds is 6. The lowest BCUT2D eigenvalue weighted by Crippen LogP contribution is -2.33. The molecule has 106 valence electrons. The molecule has 0 bridgehead atoms. The zero-order chi connectivity index (χ0) is 15.1. The van der Waals surface area contributed by atoms with Crippen LogP contribution >= 0.6 is 0 Å². The van der Waals surface area contributed by atoms with Crippen molar-refractivity contribution in [3.63, 3.8) is 0 Å². The number of benzene rings is 1. The SMILES string of the molecule is C=C(CC)C(=O)N(CCC)c1cc(OC)ccc1C#N. The second kappa shape index (κ2) is 7.34. The maximum Gasteiger partial charge on any atom is 0.253 e. The maximum absolute atomic E-state index is 12.4. The van der Waals surface area contributed by atoms with E-state index in [9.17, 15) is 10.1 Å². The van der Waals surface area contributed by atoms with Gasteiger partial charge in [0.15, 0.2) is 0 Å². The van der Waals surface area contributed by atoms with Crippen molar-refractivity contribution in [2.45, 2.75) is 26.7 Å². The van der Waals surface area contributed by atoms with E-state index in [1.54, 1.807) is 30.2 Å². The van der Waals surface area contributed by atoms with E-state index in [0.29, 0.717) is 35.5 Å². The molecule has 0 aliphatic carbocycles. The van der Waals surface area contributed by atoms with Gasteiger partial charge in [0, 0.05) is 18.2 Å². The lowest BCUT2D eigenvalue weighted by molar-refractivity contribution is -0.115. The molecular formula is C16H20N2O2. The van der Waals surface area contributed by atoms with Crippen molar-refractivity contribution < 1.29 is 9.53 Å². The minimum atomic E-state index is -0.140. The third kappa shape index (κ3) is 3.39. The highest BCUT2D eigenvalue weighted by Crippen LogP contribution is 2.27. The molecule has 0 saturated carbocycles. The van der Waals surface area contributed by atoms with Crippen molar-refractivity contribution in [3.8, 4) is 11.8 Å². The van der Waals surface area contributed by atoms with Crippen LogP contribution in [-0.4, -0.2) is 19.6 Å². The largest absolute Gasteiger partial charge is 0.497 e. The molecule has 4 nitrogen and oxygen atoms in total. The molecule has 0 radical (unpaired) electrons. The van der Waals surface area contributed by atoms with Crippen LogP contribution in [0.3, 0.4) is 0 Å². The van der Waals surface area contributed by atoms with Crippen LogP contribution in [0.2, 0.25) is 0 Å². The standard InChI is InChI=1S/C16H20N2O2/c1-5-9-18(16(19)12(3)6-2)15-10-14(20-4)8-7-13(15)11-17/h7-8,10H,3,5-6,9H2,1-2,4H3. The van der Waals surface area contributed by atoms with Crippen LogP contribution in [0.15, 0.2) is 30.4 Å². The van der Waals surface area contributed by atoms with Gasteiger partial charge in [0.05, 0.1) is 18.4 Å². The van der Waals surface area contributed by atoms with Crippen LogP contribution in [-0.2, 0) is 4.79 Å². The van der Waals surface area contributed by atoms with Gasteiger partial charge in [-0.2, -0.15) is 5.26 Å². The minimum absolute atomic E-state index is 0.140. The predicted molar refractivity (Wildman–Crippen MR) is 79.8 cm³/mol. The number of carbonyl (C=O) groups is 1. The Morgan fingerprint density at radius 2 is 2.15 bits per heavy atom. The summed E-state index contributed by atoms with van der Waals surface area (Å²) in [7, 11) is 1.56. The van der Waals surface area contributed by atoms with Crippen LogP contribution in [0.1, 0.15) is 32.3 Å². The lowest BCUT2D eigenvalue weighted by Gasteiger charge is -2.24. The number of hydrogen-bond donors (Lipinski definition) is 0. The first-order valence-corrected chi connectivity index (χ1v) is 6.66. The summed E-state index contributed by atoms with van der Waals surface area (Å²) in [4.78, 5) is 14.0. The molecule has 0 unspecified atom stereocenters. The smallest absolute Gasteiger partial charge is 0.253 e. The molecule has 0 aliphatic heterocycles. The Bertz CT molecular complexity index is 544. The molecule has 0 atom stereocenters. The number of nitrogens with zero attached hydrogens (tertiary/aromatic N) is 2. The monoisotopic (exact) mass is 272 g/mol. The molecule has 0 aliphatic rings. The third-order valence-corrected chi connectivity index (χ3v) is 3.04. The first kappa shape index (κ1) is 15.8. The highest BCUT2D eigenvalue weighted by atomic mass is 16.5. The second-order valence-corrected chi connectivity index (χ2v) is 4.41. The molecular weight excluding hydrogens is 252 g/mol. The van der Waals surface area contributed by atoms with Crippen LogP contribution < -0.4 is 9.64 Å². The van der Waals surface area contributed by atoms with E-state index in [0.717, 1.165) is 6.42 Å². The lowest BCUT2D eigenvalue weighted by atomic mass is 10.1. The molecule has 4 heteroatoms. The molecule has 0 heterocycles. The van der Waals surface area contributed by atoms with Crippen LogP contribution in [0, 0.1) is 11.3 Å². The van der Waals surface area contributed by atoms with E-state index < -0.39 is 0 Å². The van der Waals surface area contributed by atoms with Gasteiger partial charge in [0.25, 0.3) is 5.91 Å². The van der Waals surface area contributed by atoms with Gasteiger partial charge in [-0.25, -0.2) is 0 Å². The van der Waals surface area contributed by atoms with Crippen LogP contribution in [0.25, 0.3) is 0 Å². The average Bonchev–Trinajstić information content (AvgIpc) is 2.50. The van der Waals surface area contributed by atoms with E-state index in [2.05, 4.69) is 12.6 Å². The van der Waals surface area contributed by atoms with Gasteiger partial charge in [-0.1, -0.05) is 20.4 Å². The molecule has 1 aromatic carbocycles. The topological polar surface area (TPSA) is 53.3 Å². The summed E-state index contributed by atoms with van der Waals surface area (Å²) in [6.45, 7) is 8.21. The summed E-state index contributed by atoms with van der Waals surface area (Å²) in [5.74, 6) is 0.481. The second-order valence-electron chi connectivity index (χ2n) is 4.41. The van der Waals surface area contributed by atoms with Gasteiger partial charge in [-0.15, -0.1) is 0 Å². The van der Waals surface area contributed by atoms with E-state index in [1.807, 2.05) is 13.8 Å². The van der Waals surface area contributed by atoms with E-state index in [1.165, 1.54) is 0 Å². The fourth-order valence-electron chi connectivity index (χ4n) is 1.85. The zero-order valence-electron chi connectivity index (χ0n) is 12.3. The first-order valence-electron chi connectivity index (χ1n) is 6.66. The summed E-state index contributed by atoms with van der Waals surface area (Å²) >= 11 is 0. The van der Waals surface area contributed by atoms with Gasteiger partial charge in [-0.05, 0) is 25.0 Å². The van der Waals surface area contributed by atoms with Crippen molar-refractivity contribution in [1.82, 2.24) is 0 Å². The highest BCUT2D eigenvalue weighted by molar-refractivity contribution is 6.05. The predicted octanol–water partition coefficient (Wildman–Crippen LogP) is 3.28. The maximum atomic E-state index is 12.4. The number of nitriles is 1. The number of methoxy groups -OCH3 is 1. The molecule has 1 amide bonds. The van der Waals surface area contributed by atoms with Crippen molar-refractivity contribution in [2.75, 3.05) is 18.6 Å². The summed E-state index contributed by atoms with van der Waals surface area (Å²) in [5, 5.41) is 9.23. The Morgan fingerprint density at radius 3 is 2.65 bits per heavy atom. The first-order chi connectivity index (χ1) is 9.58. The summed E-state index contributed by atoms with van der Waals surface area (Å²) < 4.78 is 5.18. The number of anilines is 1. The molecule has 1 rings (SSSR count). The molecule has 20 heavy (non-hydrogen) atoms. The molecule has 0 fully saturated rings. The van der Waals surface area contributed by atoms with Crippen molar-refractivity contribution >= 4 is 11.6 Å². The molecule has 1 aromatic rings. The quantitative estimate of drug-likeness (QED) is 0.747. The Morgan fingerprint density at radius 1 is 1.45 bits per heavy atom. The Balaban J connectivity index is 3.30. The van der Waals surface area contributed by atoms with E-state index in [-0.39, 0.29) is 5.91 Å². The van der Waals surface area contributed by atoms with Crippen molar-refractivity contribution in [3.05, 3.63) is 35.9 Å². The fraction of sp³-hybridized carbons (Fsp3) is 0.375. The van der Waals surface area contributed by atoms with Crippen LogP contribution in [0.5, 0.6) is 5.75 Å². The van der Waals surface area contributed by atoms with Gasteiger partial charge in [0.1, 0.15) is 11.8 Å². The molecule has 0 aromatic heterocycles. The van der Waals surface area contributed by atoms with Gasteiger partial charge >= 0.3 is 0 Å². The van der Waals surface area contributed by atoms with E-state index >= 15 is 0 Å². The summed E-state index contributed by atoms with van der Waals surface area (Å²) in [6.07, 6.45) is 1.38. The Labute approximate surface area is 120 Å². The number of carbonyl (C=O) groups excluding carboxylic acids is 1. The Kier molecular flexibility index (Phi) is 5.79. The number of hydrogen-bond acceptors (Lipinski definition) is 3. The molecule has 0 N–H and O–H groups in total. The van der Waals surface area contributed by atoms with Crippen molar-refractivity contribution in [1.29, 1.82) is 5.26 Å². The summed E-state index contributed by atoms with van der Waals surface area (Å²) in [5.41, 5.74) is 1.56. The molecule has 0 saturated heterocycles. The minimum Gasteiger partial charge on any atom is -0.497 e. The summed E-state index contributed by atoms with van der Waals surface area (Å²) in [6, 6.07) is 7.21. The average molecular weight is 272 g/mol. The Hall–Kier alpha value is -2.28. The fourth-order valence-corrected chi connectivity index (χ4v) is 1.85. The van der Waals surface area contributed by atoms with Gasteiger partial charge in [0.2, 0.25) is 0 Å². The normalized spacial score (nSPS) is 9.70. The highest BCUT2D eigenvalue weighted by Gasteiger charge is 2.20. The van der Waals surface area contributed by atoms with Gasteiger partial charge < -0.3 is 9.64 Å². The number of amides is 1.